The van der Waals surface area contributed by atoms with Gasteiger partial charge in [-0.15, -0.1) is 0 Å². The quantitative estimate of drug-likeness (QED) is 0.255. The number of hydrogen-bond acceptors (Lipinski definition) is 3. The molecule has 37 heavy (non-hydrogen) atoms. The van der Waals surface area contributed by atoms with Crippen LogP contribution < -0.4 is 4.90 Å². The lowest BCUT2D eigenvalue weighted by Gasteiger charge is -2.26. The lowest BCUT2D eigenvalue weighted by Crippen LogP contribution is -2.10. The van der Waals surface area contributed by atoms with Gasteiger partial charge >= 0.3 is 0 Å². The van der Waals surface area contributed by atoms with Crippen LogP contribution in [0.4, 0.5) is 17.1 Å². The maximum Gasteiger partial charge on any atom is 0.149 e. The van der Waals surface area contributed by atoms with E-state index in [4.69, 9.17) is 8.83 Å². The number of benzene rings is 6. The SMILES string of the molecule is c1ccc(N(c2ccccc2)c2cccc3c2c2oc4ccccc4c2c2oc4ccccc4c32)cc1. The van der Waals surface area contributed by atoms with Crippen molar-refractivity contribution in [2.24, 2.45) is 0 Å². The van der Waals surface area contributed by atoms with Gasteiger partial charge in [-0.1, -0.05) is 84.9 Å². The first-order chi connectivity index (χ1) is 18.4. The van der Waals surface area contributed by atoms with Crippen LogP contribution in [0.2, 0.25) is 0 Å². The summed E-state index contributed by atoms with van der Waals surface area (Å²) in [6.07, 6.45) is 0. The first-order valence-corrected chi connectivity index (χ1v) is 12.5. The fraction of sp³-hybridized carbons (Fsp3) is 0. The Morgan fingerprint density at radius 3 is 1.49 bits per heavy atom. The summed E-state index contributed by atoms with van der Waals surface area (Å²) in [5.74, 6) is 0. The predicted molar refractivity (Wildman–Crippen MR) is 153 cm³/mol. The molecule has 8 aromatic rings. The predicted octanol–water partition coefficient (Wildman–Crippen LogP) is 10.1. The largest absolute Gasteiger partial charge is 0.455 e. The average molecular weight is 476 g/mol. The van der Waals surface area contributed by atoms with Crippen molar-refractivity contribution in [3.8, 4) is 0 Å². The molecule has 0 spiro atoms. The van der Waals surface area contributed by atoms with E-state index in [2.05, 4.69) is 95.9 Å². The molecule has 3 heteroatoms. The van der Waals surface area contributed by atoms with Gasteiger partial charge in [0.15, 0.2) is 0 Å². The van der Waals surface area contributed by atoms with Gasteiger partial charge in [0.1, 0.15) is 22.3 Å². The molecule has 0 saturated carbocycles. The highest BCUT2D eigenvalue weighted by Gasteiger charge is 2.24. The van der Waals surface area contributed by atoms with E-state index in [0.717, 1.165) is 71.7 Å². The molecule has 2 aromatic heterocycles. The van der Waals surface area contributed by atoms with E-state index >= 15 is 0 Å². The summed E-state index contributed by atoms with van der Waals surface area (Å²) >= 11 is 0. The molecule has 0 fully saturated rings. The zero-order valence-electron chi connectivity index (χ0n) is 19.9. The molecule has 0 aliphatic rings. The first-order valence-electron chi connectivity index (χ1n) is 12.5. The molecular weight excluding hydrogens is 454 g/mol. The molecule has 8 rings (SSSR count). The van der Waals surface area contributed by atoms with E-state index < -0.39 is 0 Å². The third kappa shape index (κ3) is 2.88. The fourth-order valence-electron chi connectivity index (χ4n) is 5.69. The van der Waals surface area contributed by atoms with Crippen molar-refractivity contribution in [1.29, 1.82) is 0 Å². The van der Waals surface area contributed by atoms with Crippen LogP contribution in [0.15, 0.2) is 136 Å². The van der Waals surface area contributed by atoms with Crippen LogP contribution in [0.5, 0.6) is 0 Å². The summed E-state index contributed by atoms with van der Waals surface area (Å²) in [6, 6.07) is 44.0. The number of furan rings is 2. The molecule has 2 heterocycles. The van der Waals surface area contributed by atoms with Gasteiger partial charge in [-0.2, -0.15) is 0 Å². The minimum absolute atomic E-state index is 0.843. The number of para-hydroxylation sites is 4. The Hall–Kier alpha value is -5.02. The summed E-state index contributed by atoms with van der Waals surface area (Å²) < 4.78 is 13.2. The van der Waals surface area contributed by atoms with Crippen molar-refractivity contribution in [3.05, 3.63) is 127 Å². The average Bonchev–Trinajstić information content (AvgIpc) is 3.53. The van der Waals surface area contributed by atoms with Crippen LogP contribution >= 0.6 is 0 Å². The van der Waals surface area contributed by atoms with Gasteiger partial charge in [0.2, 0.25) is 0 Å². The highest BCUT2D eigenvalue weighted by molar-refractivity contribution is 6.35. The minimum atomic E-state index is 0.843. The topological polar surface area (TPSA) is 29.5 Å². The molecule has 0 radical (unpaired) electrons. The highest BCUT2D eigenvalue weighted by Crippen LogP contribution is 2.49. The van der Waals surface area contributed by atoms with Crippen molar-refractivity contribution in [3.63, 3.8) is 0 Å². The molecule has 0 bridgehead atoms. The molecule has 6 aromatic carbocycles. The Bertz CT molecular complexity index is 2050. The van der Waals surface area contributed by atoms with Gasteiger partial charge in [0.05, 0.1) is 16.5 Å². The Morgan fingerprint density at radius 1 is 0.378 bits per heavy atom. The maximum absolute atomic E-state index is 6.65. The number of hydrogen-bond donors (Lipinski definition) is 0. The van der Waals surface area contributed by atoms with E-state index in [-0.39, 0.29) is 0 Å². The second-order valence-electron chi connectivity index (χ2n) is 9.31. The third-order valence-corrected chi connectivity index (χ3v) is 7.23. The second kappa shape index (κ2) is 7.74. The molecule has 0 saturated heterocycles. The van der Waals surface area contributed by atoms with E-state index in [9.17, 15) is 0 Å². The van der Waals surface area contributed by atoms with Crippen molar-refractivity contribution >= 4 is 71.7 Å². The number of rotatable bonds is 3. The van der Waals surface area contributed by atoms with Gasteiger partial charge in [0.25, 0.3) is 0 Å². The summed E-state index contributed by atoms with van der Waals surface area (Å²) in [6.45, 7) is 0. The summed E-state index contributed by atoms with van der Waals surface area (Å²) in [5.41, 5.74) is 6.68. The lowest BCUT2D eigenvalue weighted by molar-refractivity contribution is 0.665. The highest BCUT2D eigenvalue weighted by atomic mass is 16.3. The van der Waals surface area contributed by atoms with Crippen LogP contribution in [-0.2, 0) is 0 Å². The standard InChI is InChI=1S/C34H21NO2/c1-3-12-22(13-4-1)35(23-14-5-2-6-15-23)27-19-11-18-26-30-24-16-7-9-20-28(24)36-33(30)32-25-17-8-10-21-29(25)37-34(32)31(26)27/h1-21H. The van der Waals surface area contributed by atoms with Crippen LogP contribution in [0.1, 0.15) is 0 Å². The fourth-order valence-corrected chi connectivity index (χ4v) is 5.69. The van der Waals surface area contributed by atoms with Crippen LogP contribution in [0.3, 0.4) is 0 Å². The molecule has 0 amide bonds. The molecular formula is C34H21NO2. The van der Waals surface area contributed by atoms with E-state index in [1.54, 1.807) is 0 Å². The smallest absolute Gasteiger partial charge is 0.149 e. The van der Waals surface area contributed by atoms with Crippen LogP contribution in [0, 0.1) is 0 Å². The number of anilines is 3. The van der Waals surface area contributed by atoms with Crippen molar-refractivity contribution in [1.82, 2.24) is 0 Å². The Morgan fingerprint density at radius 2 is 0.865 bits per heavy atom. The second-order valence-corrected chi connectivity index (χ2v) is 9.31. The van der Waals surface area contributed by atoms with Gasteiger partial charge in [-0.25, -0.2) is 0 Å². The van der Waals surface area contributed by atoms with Crippen LogP contribution in [0.25, 0.3) is 54.6 Å². The van der Waals surface area contributed by atoms with Gasteiger partial charge in [-0.05, 0) is 47.9 Å². The maximum atomic E-state index is 6.65. The zero-order valence-corrected chi connectivity index (χ0v) is 19.9. The van der Waals surface area contributed by atoms with Gasteiger partial charge in [-0.3, -0.25) is 0 Å². The first kappa shape index (κ1) is 20.2. The molecule has 0 N–H and O–H groups in total. The lowest BCUT2D eigenvalue weighted by atomic mass is 9.97. The Labute approximate surface area is 212 Å². The molecule has 0 unspecified atom stereocenters. The van der Waals surface area contributed by atoms with Gasteiger partial charge in [0, 0.05) is 27.5 Å². The number of nitrogens with zero attached hydrogens (tertiary/aromatic N) is 1. The Balaban J connectivity index is 1.62. The monoisotopic (exact) mass is 475 g/mol. The molecule has 0 aliphatic carbocycles. The molecule has 0 atom stereocenters. The third-order valence-electron chi connectivity index (χ3n) is 7.23. The number of fused-ring (bicyclic) bond motifs is 10. The van der Waals surface area contributed by atoms with Crippen LogP contribution in [-0.4, -0.2) is 0 Å². The normalized spacial score (nSPS) is 11.8. The summed E-state index contributed by atoms with van der Waals surface area (Å²) in [7, 11) is 0. The zero-order chi connectivity index (χ0) is 24.3. The van der Waals surface area contributed by atoms with Crippen molar-refractivity contribution in [2.75, 3.05) is 4.90 Å². The van der Waals surface area contributed by atoms with E-state index in [0.29, 0.717) is 0 Å². The van der Waals surface area contributed by atoms with E-state index in [1.807, 2.05) is 36.4 Å². The van der Waals surface area contributed by atoms with E-state index in [1.165, 1.54) is 0 Å². The van der Waals surface area contributed by atoms with Crippen molar-refractivity contribution < 1.29 is 8.83 Å². The van der Waals surface area contributed by atoms with Crippen molar-refractivity contribution in [2.45, 2.75) is 0 Å². The molecule has 174 valence electrons. The summed E-state index contributed by atoms with van der Waals surface area (Å²) in [4.78, 5) is 2.31. The summed E-state index contributed by atoms with van der Waals surface area (Å²) in [5, 5.41) is 6.48. The molecule has 0 aliphatic heterocycles. The minimum Gasteiger partial charge on any atom is -0.455 e. The van der Waals surface area contributed by atoms with Gasteiger partial charge < -0.3 is 13.7 Å². The Kier molecular flexibility index (Phi) is 4.23. The molecule has 3 nitrogen and oxygen atoms in total.